The van der Waals surface area contributed by atoms with Crippen LogP contribution in [0.15, 0.2) is 0 Å². The van der Waals surface area contributed by atoms with Crippen LogP contribution >= 0.6 is 22.6 Å². The standard InChI is InChI=1S/C16H28INO4/c1-5-20-14(11-6-7-11)10-21-13-9-18(8-12(13)17)15(19)22-16(2,3)4/h11-14H,5-10H2,1-4H3. The molecule has 0 aromatic rings. The van der Waals surface area contributed by atoms with Crippen molar-refractivity contribution < 1.29 is 19.0 Å². The maximum absolute atomic E-state index is 12.1. The average Bonchev–Trinajstić information content (AvgIpc) is 3.17. The molecule has 3 atom stereocenters. The summed E-state index contributed by atoms with van der Waals surface area (Å²) in [6.07, 6.45) is 2.52. The topological polar surface area (TPSA) is 48.0 Å². The number of halogens is 1. The van der Waals surface area contributed by atoms with Crippen LogP contribution < -0.4 is 0 Å². The van der Waals surface area contributed by atoms with Gasteiger partial charge in [-0.25, -0.2) is 4.79 Å². The Morgan fingerprint density at radius 3 is 2.55 bits per heavy atom. The van der Waals surface area contributed by atoms with E-state index < -0.39 is 5.60 Å². The van der Waals surface area contributed by atoms with E-state index in [0.717, 1.165) is 6.61 Å². The summed E-state index contributed by atoms with van der Waals surface area (Å²) in [6, 6.07) is 0. The molecule has 1 heterocycles. The maximum Gasteiger partial charge on any atom is 0.410 e. The molecule has 1 aliphatic heterocycles. The number of carbonyl (C=O) groups is 1. The second kappa shape index (κ2) is 7.66. The molecule has 0 aromatic carbocycles. The van der Waals surface area contributed by atoms with Crippen LogP contribution in [0.4, 0.5) is 4.79 Å². The number of alkyl halides is 1. The van der Waals surface area contributed by atoms with Gasteiger partial charge in [-0.2, -0.15) is 0 Å². The van der Waals surface area contributed by atoms with Gasteiger partial charge in [0.05, 0.1) is 29.3 Å². The molecular formula is C16H28INO4. The monoisotopic (exact) mass is 425 g/mol. The van der Waals surface area contributed by atoms with Crippen LogP contribution in [0, 0.1) is 5.92 Å². The molecule has 2 fully saturated rings. The van der Waals surface area contributed by atoms with E-state index in [2.05, 4.69) is 22.6 Å². The van der Waals surface area contributed by atoms with Gasteiger partial charge in [-0.1, -0.05) is 22.6 Å². The van der Waals surface area contributed by atoms with E-state index in [1.807, 2.05) is 27.7 Å². The number of likely N-dealkylation sites (tertiary alicyclic amines) is 1. The van der Waals surface area contributed by atoms with Crippen LogP contribution in [0.2, 0.25) is 0 Å². The Morgan fingerprint density at radius 2 is 2.00 bits per heavy atom. The molecule has 0 bridgehead atoms. The summed E-state index contributed by atoms with van der Waals surface area (Å²) >= 11 is 2.37. The number of amides is 1. The van der Waals surface area contributed by atoms with Crippen molar-refractivity contribution in [2.24, 2.45) is 5.92 Å². The molecule has 2 aliphatic rings. The van der Waals surface area contributed by atoms with Gasteiger partial charge in [0.2, 0.25) is 0 Å². The van der Waals surface area contributed by atoms with Gasteiger partial charge >= 0.3 is 6.09 Å². The van der Waals surface area contributed by atoms with E-state index in [-0.39, 0.29) is 18.3 Å². The number of hydrogen-bond donors (Lipinski definition) is 0. The number of rotatable bonds is 6. The number of nitrogens with zero attached hydrogens (tertiary/aromatic N) is 1. The van der Waals surface area contributed by atoms with Gasteiger partial charge < -0.3 is 19.1 Å². The highest BCUT2D eigenvalue weighted by Gasteiger charge is 2.38. The Balaban J connectivity index is 1.79. The van der Waals surface area contributed by atoms with E-state index in [9.17, 15) is 4.79 Å². The van der Waals surface area contributed by atoms with Crippen LogP contribution in [0.1, 0.15) is 40.5 Å². The highest BCUT2D eigenvalue weighted by Crippen LogP contribution is 2.35. The third-order valence-electron chi connectivity index (χ3n) is 3.85. The summed E-state index contributed by atoms with van der Waals surface area (Å²) < 4.78 is 17.6. The lowest BCUT2D eigenvalue weighted by Crippen LogP contribution is -2.36. The zero-order valence-electron chi connectivity index (χ0n) is 14.0. The van der Waals surface area contributed by atoms with Crippen LogP contribution in [0.5, 0.6) is 0 Å². The Hall–Kier alpha value is -0.0800. The molecule has 1 amide bonds. The molecule has 0 aromatic heterocycles. The van der Waals surface area contributed by atoms with Crippen LogP contribution in [-0.2, 0) is 14.2 Å². The predicted molar refractivity (Wildman–Crippen MR) is 93.5 cm³/mol. The fraction of sp³-hybridized carbons (Fsp3) is 0.938. The summed E-state index contributed by atoms with van der Waals surface area (Å²) in [4.78, 5) is 13.9. The summed E-state index contributed by atoms with van der Waals surface area (Å²) in [6.45, 7) is 10.3. The van der Waals surface area contributed by atoms with Crippen molar-refractivity contribution in [2.45, 2.75) is 62.3 Å². The highest BCUT2D eigenvalue weighted by atomic mass is 127. The Morgan fingerprint density at radius 1 is 1.32 bits per heavy atom. The summed E-state index contributed by atoms with van der Waals surface area (Å²) in [5.74, 6) is 0.663. The normalized spacial score (nSPS) is 27.0. The second-order valence-corrected chi connectivity index (χ2v) is 8.70. The fourth-order valence-corrected chi connectivity index (χ4v) is 3.50. The summed E-state index contributed by atoms with van der Waals surface area (Å²) in [5.41, 5.74) is -0.456. The fourth-order valence-electron chi connectivity index (χ4n) is 2.59. The zero-order chi connectivity index (χ0) is 16.3. The quantitative estimate of drug-likeness (QED) is 0.485. The van der Waals surface area contributed by atoms with Gasteiger partial charge in [0.15, 0.2) is 0 Å². The first-order chi connectivity index (χ1) is 10.3. The molecule has 6 heteroatoms. The minimum atomic E-state index is -0.456. The number of carbonyl (C=O) groups excluding carboxylic acids is 1. The lowest BCUT2D eigenvalue weighted by atomic mass is 10.2. The van der Waals surface area contributed by atoms with Crippen molar-refractivity contribution in [2.75, 3.05) is 26.3 Å². The largest absolute Gasteiger partial charge is 0.444 e. The smallest absolute Gasteiger partial charge is 0.410 e. The molecule has 5 nitrogen and oxygen atoms in total. The van der Waals surface area contributed by atoms with Gasteiger partial charge in [0, 0.05) is 13.2 Å². The Labute approximate surface area is 147 Å². The third-order valence-corrected chi connectivity index (χ3v) is 5.05. The molecule has 2 rings (SSSR count). The van der Waals surface area contributed by atoms with Crippen molar-refractivity contribution >= 4 is 28.7 Å². The predicted octanol–water partition coefficient (Wildman–Crippen LogP) is 3.24. The Kier molecular flexibility index (Phi) is 6.36. The molecule has 22 heavy (non-hydrogen) atoms. The van der Waals surface area contributed by atoms with Gasteiger partial charge in [-0.05, 0) is 46.5 Å². The van der Waals surface area contributed by atoms with Crippen LogP contribution in [-0.4, -0.2) is 59.0 Å². The lowest BCUT2D eigenvalue weighted by Gasteiger charge is -2.24. The van der Waals surface area contributed by atoms with E-state index in [0.29, 0.717) is 29.5 Å². The first-order valence-electron chi connectivity index (χ1n) is 8.15. The minimum absolute atomic E-state index is 0.0647. The van der Waals surface area contributed by atoms with Crippen molar-refractivity contribution in [3.63, 3.8) is 0 Å². The number of ether oxygens (including phenoxy) is 3. The minimum Gasteiger partial charge on any atom is -0.444 e. The van der Waals surface area contributed by atoms with E-state index in [4.69, 9.17) is 14.2 Å². The van der Waals surface area contributed by atoms with E-state index in [1.165, 1.54) is 12.8 Å². The molecule has 128 valence electrons. The number of hydrogen-bond acceptors (Lipinski definition) is 4. The Bertz CT molecular complexity index is 381. The van der Waals surface area contributed by atoms with Crippen molar-refractivity contribution in [3.05, 3.63) is 0 Å². The maximum atomic E-state index is 12.1. The van der Waals surface area contributed by atoms with E-state index >= 15 is 0 Å². The molecule has 1 aliphatic carbocycles. The second-order valence-electron chi connectivity index (χ2n) is 7.10. The van der Waals surface area contributed by atoms with Gasteiger partial charge in [0.25, 0.3) is 0 Å². The third kappa shape index (κ3) is 5.53. The molecule has 0 spiro atoms. The van der Waals surface area contributed by atoms with Crippen molar-refractivity contribution in [1.82, 2.24) is 4.90 Å². The molecule has 1 saturated heterocycles. The summed E-state index contributed by atoms with van der Waals surface area (Å²) in [5, 5.41) is 0. The first-order valence-corrected chi connectivity index (χ1v) is 9.40. The zero-order valence-corrected chi connectivity index (χ0v) is 16.2. The summed E-state index contributed by atoms with van der Waals surface area (Å²) in [7, 11) is 0. The van der Waals surface area contributed by atoms with Crippen molar-refractivity contribution in [3.8, 4) is 0 Å². The van der Waals surface area contributed by atoms with Crippen LogP contribution in [0.3, 0.4) is 0 Å². The van der Waals surface area contributed by atoms with Crippen molar-refractivity contribution in [1.29, 1.82) is 0 Å². The first kappa shape index (κ1) is 18.3. The SMILES string of the molecule is CCOC(COC1CN(C(=O)OC(C)(C)C)CC1I)C1CC1. The molecule has 1 saturated carbocycles. The van der Waals surface area contributed by atoms with Gasteiger partial charge in [-0.15, -0.1) is 0 Å². The lowest BCUT2D eigenvalue weighted by molar-refractivity contribution is -0.0455. The highest BCUT2D eigenvalue weighted by molar-refractivity contribution is 14.1. The van der Waals surface area contributed by atoms with E-state index in [1.54, 1.807) is 4.90 Å². The molecule has 0 radical (unpaired) electrons. The van der Waals surface area contributed by atoms with Gasteiger partial charge in [-0.3, -0.25) is 0 Å². The average molecular weight is 425 g/mol. The molecular weight excluding hydrogens is 397 g/mol. The molecule has 3 unspecified atom stereocenters. The molecule has 0 N–H and O–H groups in total. The van der Waals surface area contributed by atoms with Crippen LogP contribution in [0.25, 0.3) is 0 Å². The van der Waals surface area contributed by atoms with Gasteiger partial charge in [0.1, 0.15) is 5.60 Å².